The van der Waals surface area contributed by atoms with E-state index in [1.807, 2.05) is 36.4 Å². The van der Waals surface area contributed by atoms with Gasteiger partial charge in [0.15, 0.2) is 5.11 Å². The van der Waals surface area contributed by atoms with Crippen molar-refractivity contribution in [3.05, 3.63) is 42.0 Å². The predicted octanol–water partition coefficient (Wildman–Crippen LogP) is 5.46. The molecule has 0 saturated heterocycles. The number of esters is 1. The number of hydrogen-bond acceptors (Lipinski definition) is 4. The van der Waals surface area contributed by atoms with Crippen LogP contribution >= 0.6 is 23.6 Å². The molecule has 1 aliphatic carbocycles. The number of ether oxygens (including phenoxy) is 1. The topological polar surface area (TPSA) is 50.4 Å². The van der Waals surface area contributed by atoms with Crippen molar-refractivity contribution in [2.75, 3.05) is 12.4 Å². The van der Waals surface area contributed by atoms with E-state index in [0.29, 0.717) is 16.7 Å². The van der Waals surface area contributed by atoms with E-state index in [1.54, 1.807) is 0 Å². The summed E-state index contributed by atoms with van der Waals surface area (Å²) in [6.07, 6.45) is 6.05. The smallest absolute Gasteiger partial charge is 0.340 e. The third-order valence-corrected chi connectivity index (χ3v) is 6.50. The maximum absolute atomic E-state index is 12.2. The molecule has 144 valence electrons. The zero-order valence-electron chi connectivity index (χ0n) is 15.8. The second-order valence-corrected chi connectivity index (χ2v) is 8.40. The van der Waals surface area contributed by atoms with Gasteiger partial charge in [-0.25, -0.2) is 4.79 Å². The van der Waals surface area contributed by atoms with Crippen molar-refractivity contribution in [3.8, 4) is 10.4 Å². The summed E-state index contributed by atoms with van der Waals surface area (Å²) in [5.41, 5.74) is 1.58. The van der Waals surface area contributed by atoms with Gasteiger partial charge in [0.05, 0.1) is 12.7 Å². The van der Waals surface area contributed by atoms with Gasteiger partial charge in [0.25, 0.3) is 0 Å². The molecule has 6 heteroatoms. The highest BCUT2D eigenvalue weighted by molar-refractivity contribution is 7.80. The van der Waals surface area contributed by atoms with E-state index >= 15 is 0 Å². The maximum atomic E-state index is 12.2. The minimum absolute atomic E-state index is 0.359. The second-order valence-electron chi connectivity index (χ2n) is 6.94. The number of methoxy groups -OCH3 is 1. The highest BCUT2D eigenvalue weighted by Gasteiger charge is 2.22. The number of hydrogen-bond donors (Lipinski definition) is 2. The second kappa shape index (κ2) is 9.33. The quantitative estimate of drug-likeness (QED) is 0.514. The Balaban J connectivity index is 1.70. The summed E-state index contributed by atoms with van der Waals surface area (Å²) in [5.74, 6) is 0.489. The van der Waals surface area contributed by atoms with E-state index in [9.17, 15) is 4.79 Å². The molecule has 0 spiro atoms. The highest BCUT2D eigenvalue weighted by Crippen LogP contribution is 2.36. The third kappa shape index (κ3) is 5.08. The van der Waals surface area contributed by atoms with Crippen LogP contribution in [0.2, 0.25) is 0 Å². The van der Waals surface area contributed by atoms with Gasteiger partial charge >= 0.3 is 5.97 Å². The zero-order chi connectivity index (χ0) is 19.2. The fourth-order valence-electron chi connectivity index (χ4n) is 3.53. The van der Waals surface area contributed by atoms with Crippen LogP contribution in [0.1, 0.15) is 49.4 Å². The van der Waals surface area contributed by atoms with Crippen molar-refractivity contribution >= 4 is 39.6 Å². The van der Waals surface area contributed by atoms with Gasteiger partial charge in [-0.05, 0) is 55.4 Å². The van der Waals surface area contributed by atoms with Gasteiger partial charge < -0.3 is 15.4 Å². The summed E-state index contributed by atoms with van der Waals surface area (Å²) in [6.45, 7) is 2.26. The van der Waals surface area contributed by atoms with Crippen LogP contribution in [-0.4, -0.2) is 24.2 Å². The van der Waals surface area contributed by atoms with E-state index in [2.05, 4.69) is 17.6 Å². The van der Waals surface area contributed by atoms with Crippen LogP contribution in [-0.2, 0) is 4.74 Å². The first-order valence-corrected chi connectivity index (χ1v) is 10.7. The average Bonchev–Trinajstić information content (AvgIpc) is 3.12. The van der Waals surface area contributed by atoms with Gasteiger partial charge in [0.1, 0.15) is 5.00 Å². The van der Waals surface area contributed by atoms with E-state index in [1.165, 1.54) is 37.7 Å². The van der Waals surface area contributed by atoms with Gasteiger partial charge in [-0.3, -0.25) is 0 Å². The van der Waals surface area contributed by atoms with Crippen molar-refractivity contribution in [2.24, 2.45) is 5.92 Å². The Morgan fingerprint density at radius 1 is 1.22 bits per heavy atom. The maximum Gasteiger partial charge on any atom is 0.340 e. The Bertz CT molecular complexity index is 781. The Labute approximate surface area is 170 Å². The summed E-state index contributed by atoms with van der Waals surface area (Å²) >= 11 is 7.03. The number of carbonyl (C=O) groups is 1. The Morgan fingerprint density at radius 2 is 1.93 bits per heavy atom. The molecule has 0 radical (unpaired) electrons. The first kappa shape index (κ1) is 19.8. The molecule has 0 bridgehead atoms. The predicted molar refractivity (Wildman–Crippen MR) is 116 cm³/mol. The third-order valence-electron chi connectivity index (χ3n) is 5.18. The van der Waals surface area contributed by atoms with Crippen LogP contribution in [0.5, 0.6) is 0 Å². The van der Waals surface area contributed by atoms with Crippen molar-refractivity contribution in [3.63, 3.8) is 0 Å². The lowest BCUT2D eigenvalue weighted by Crippen LogP contribution is -2.40. The van der Waals surface area contributed by atoms with Crippen LogP contribution in [0.15, 0.2) is 36.4 Å². The zero-order valence-corrected chi connectivity index (χ0v) is 17.4. The average molecular weight is 403 g/mol. The number of benzene rings is 1. The van der Waals surface area contributed by atoms with E-state index < -0.39 is 0 Å². The fraction of sp³-hybridized carbons (Fsp3) is 0.429. The summed E-state index contributed by atoms with van der Waals surface area (Å²) in [5, 5.41) is 7.94. The normalized spacial score (nSPS) is 19.3. The van der Waals surface area contributed by atoms with Gasteiger partial charge in [-0.2, -0.15) is 0 Å². The Morgan fingerprint density at radius 3 is 2.56 bits per heavy atom. The molecule has 3 rings (SSSR count). The van der Waals surface area contributed by atoms with Gasteiger partial charge in [-0.15, -0.1) is 11.3 Å². The lowest BCUT2D eigenvalue weighted by Gasteiger charge is -2.29. The number of nitrogens with one attached hydrogen (secondary N) is 2. The Hall–Kier alpha value is -1.92. The standard InChI is InChI=1S/C21H26N2O2S2/c1-3-14-9-11-16(12-10-14)22-21(26)23-19-17(20(24)25-2)13-18(27-19)15-7-5-4-6-8-15/h4-8,13-14,16H,3,9-12H2,1-2H3,(H2,22,23,26). The molecule has 2 N–H and O–H groups in total. The SMILES string of the molecule is CCC1CCC(NC(=S)Nc2sc(-c3ccccc3)cc2C(=O)OC)CC1. The molecule has 0 atom stereocenters. The van der Waals surface area contributed by atoms with Crippen molar-refractivity contribution in [2.45, 2.75) is 45.1 Å². The van der Waals surface area contributed by atoms with Crippen molar-refractivity contribution in [1.82, 2.24) is 5.32 Å². The molecule has 1 fully saturated rings. The van der Waals surface area contributed by atoms with E-state index in [4.69, 9.17) is 17.0 Å². The minimum atomic E-state index is -0.359. The van der Waals surface area contributed by atoms with Crippen LogP contribution in [0.25, 0.3) is 10.4 Å². The lowest BCUT2D eigenvalue weighted by atomic mass is 9.85. The molecule has 1 aliphatic rings. The van der Waals surface area contributed by atoms with E-state index in [-0.39, 0.29) is 5.97 Å². The van der Waals surface area contributed by atoms with Crippen molar-refractivity contribution in [1.29, 1.82) is 0 Å². The van der Waals surface area contributed by atoms with Crippen LogP contribution in [0.3, 0.4) is 0 Å². The molecule has 1 aromatic carbocycles. The number of carbonyl (C=O) groups excluding carboxylic acids is 1. The molecule has 4 nitrogen and oxygen atoms in total. The molecule has 1 aromatic heterocycles. The van der Waals surface area contributed by atoms with E-state index in [0.717, 1.165) is 34.2 Å². The van der Waals surface area contributed by atoms with Gasteiger partial charge in [0.2, 0.25) is 0 Å². The first-order chi connectivity index (χ1) is 13.1. The largest absolute Gasteiger partial charge is 0.465 e. The lowest BCUT2D eigenvalue weighted by molar-refractivity contribution is 0.0602. The molecular weight excluding hydrogens is 376 g/mol. The molecule has 1 heterocycles. The molecule has 1 saturated carbocycles. The summed E-state index contributed by atoms with van der Waals surface area (Å²) in [4.78, 5) is 13.2. The van der Waals surface area contributed by atoms with Crippen LogP contribution in [0, 0.1) is 5.92 Å². The minimum Gasteiger partial charge on any atom is -0.465 e. The Kier molecular flexibility index (Phi) is 6.85. The number of anilines is 1. The summed E-state index contributed by atoms with van der Waals surface area (Å²) < 4.78 is 4.95. The highest BCUT2D eigenvalue weighted by atomic mass is 32.1. The van der Waals surface area contributed by atoms with Gasteiger partial charge in [0, 0.05) is 10.9 Å². The molecule has 27 heavy (non-hydrogen) atoms. The molecule has 0 unspecified atom stereocenters. The van der Waals surface area contributed by atoms with Crippen LogP contribution in [0.4, 0.5) is 5.00 Å². The molecule has 2 aromatic rings. The van der Waals surface area contributed by atoms with Crippen LogP contribution < -0.4 is 10.6 Å². The first-order valence-electron chi connectivity index (χ1n) is 9.45. The molecular formula is C21H26N2O2S2. The number of rotatable bonds is 5. The number of thiophene rings is 1. The fourth-order valence-corrected chi connectivity index (χ4v) is 4.92. The van der Waals surface area contributed by atoms with Crippen molar-refractivity contribution < 1.29 is 9.53 Å². The monoisotopic (exact) mass is 402 g/mol. The number of thiocarbonyl (C=S) groups is 1. The summed E-state index contributed by atoms with van der Waals surface area (Å²) in [6, 6.07) is 12.3. The summed E-state index contributed by atoms with van der Waals surface area (Å²) in [7, 11) is 1.40. The molecule has 0 amide bonds. The molecule has 0 aliphatic heterocycles. The van der Waals surface area contributed by atoms with Gasteiger partial charge in [-0.1, -0.05) is 43.7 Å².